The molecular weight excluding hydrogens is 274 g/mol. The van der Waals surface area contributed by atoms with Gasteiger partial charge in [0.1, 0.15) is 6.04 Å². The first-order valence-corrected chi connectivity index (χ1v) is 8.25. The molecule has 0 spiro atoms. The van der Waals surface area contributed by atoms with E-state index in [1.807, 2.05) is 13.8 Å². The maximum Gasteiger partial charge on any atom is 0.243 e. The van der Waals surface area contributed by atoms with Gasteiger partial charge in [-0.3, -0.25) is 9.36 Å². The van der Waals surface area contributed by atoms with E-state index in [-0.39, 0.29) is 11.9 Å². The van der Waals surface area contributed by atoms with E-state index in [0.29, 0.717) is 17.1 Å². The van der Waals surface area contributed by atoms with Gasteiger partial charge in [-0.2, -0.15) is 0 Å². The normalized spacial score (nSPS) is 17.9. The molecule has 1 heterocycles. The number of rotatable bonds is 5. The summed E-state index contributed by atoms with van der Waals surface area (Å²) < 4.78 is 1.71. The van der Waals surface area contributed by atoms with Crippen LogP contribution in [-0.2, 0) is 4.79 Å². The zero-order chi connectivity index (χ0) is 14.5. The van der Waals surface area contributed by atoms with Crippen molar-refractivity contribution in [1.29, 1.82) is 0 Å². The molecule has 0 radical (unpaired) electrons. The predicted octanol–water partition coefficient (Wildman–Crippen LogP) is 1.98. The highest BCUT2D eigenvalue weighted by Crippen LogP contribution is 2.23. The SMILES string of the molecule is CCSc1nnc(N)n1C(C)C(=O)NC1CCCCC1. The largest absolute Gasteiger partial charge is 0.368 e. The number of nitrogens with one attached hydrogen (secondary N) is 1. The van der Waals surface area contributed by atoms with Crippen LogP contribution < -0.4 is 11.1 Å². The molecule has 1 aromatic heterocycles. The number of amides is 1. The van der Waals surface area contributed by atoms with Gasteiger partial charge in [-0.25, -0.2) is 0 Å². The highest BCUT2D eigenvalue weighted by Gasteiger charge is 2.24. The lowest BCUT2D eigenvalue weighted by atomic mass is 9.95. The molecule has 1 aromatic rings. The zero-order valence-electron chi connectivity index (χ0n) is 12.1. The zero-order valence-corrected chi connectivity index (χ0v) is 12.9. The van der Waals surface area contributed by atoms with Gasteiger partial charge in [0.25, 0.3) is 0 Å². The Labute approximate surface area is 123 Å². The fraction of sp³-hybridized carbons (Fsp3) is 0.769. The van der Waals surface area contributed by atoms with Crippen LogP contribution in [0.15, 0.2) is 5.16 Å². The Balaban J connectivity index is 2.03. The van der Waals surface area contributed by atoms with Gasteiger partial charge in [-0.05, 0) is 25.5 Å². The van der Waals surface area contributed by atoms with Crippen molar-refractivity contribution in [3.63, 3.8) is 0 Å². The summed E-state index contributed by atoms with van der Waals surface area (Å²) in [6.07, 6.45) is 5.83. The smallest absolute Gasteiger partial charge is 0.243 e. The molecule has 0 bridgehead atoms. The lowest BCUT2D eigenvalue weighted by Crippen LogP contribution is -2.40. The van der Waals surface area contributed by atoms with Gasteiger partial charge >= 0.3 is 0 Å². The van der Waals surface area contributed by atoms with E-state index in [9.17, 15) is 4.79 Å². The maximum atomic E-state index is 12.4. The van der Waals surface area contributed by atoms with Gasteiger partial charge in [-0.15, -0.1) is 10.2 Å². The number of carbonyl (C=O) groups is 1. The van der Waals surface area contributed by atoms with Crippen LogP contribution in [0.1, 0.15) is 52.0 Å². The van der Waals surface area contributed by atoms with Crippen LogP contribution in [0, 0.1) is 0 Å². The number of aromatic nitrogens is 3. The molecule has 1 atom stereocenters. The number of anilines is 1. The first kappa shape index (κ1) is 15.2. The molecule has 112 valence electrons. The summed E-state index contributed by atoms with van der Waals surface area (Å²) in [4.78, 5) is 12.4. The van der Waals surface area contributed by atoms with Gasteiger partial charge in [-0.1, -0.05) is 37.9 Å². The van der Waals surface area contributed by atoms with Crippen LogP contribution in [0.3, 0.4) is 0 Å². The van der Waals surface area contributed by atoms with Crippen molar-refractivity contribution in [2.45, 2.75) is 63.2 Å². The van der Waals surface area contributed by atoms with Crippen LogP contribution in [0.5, 0.6) is 0 Å². The van der Waals surface area contributed by atoms with Crippen molar-refractivity contribution >= 4 is 23.6 Å². The number of hydrogen-bond donors (Lipinski definition) is 2. The summed E-state index contributed by atoms with van der Waals surface area (Å²) in [5, 5.41) is 11.7. The fourth-order valence-corrected chi connectivity index (χ4v) is 3.31. The van der Waals surface area contributed by atoms with Gasteiger partial charge in [0.15, 0.2) is 5.16 Å². The van der Waals surface area contributed by atoms with E-state index >= 15 is 0 Å². The van der Waals surface area contributed by atoms with Gasteiger partial charge < -0.3 is 11.1 Å². The topological polar surface area (TPSA) is 85.8 Å². The first-order chi connectivity index (χ1) is 9.63. The Kier molecular flexibility index (Phi) is 5.28. The Hall–Kier alpha value is -1.24. The molecule has 1 fully saturated rings. The molecule has 3 N–H and O–H groups in total. The lowest BCUT2D eigenvalue weighted by molar-refractivity contribution is -0.124. The van der Waals surface area contributed by atoms with Gasteiger partial charge in [0.05, 0.1) is 0 Å². The quantitative estimate of drug-likeness (QED) is 0.812. The second kappa shape index (κ2) is 6.97. The molecule has 1 unspecified atom stereocenters. The van der Waals surface area contributed by atoms with E-state index in [2.05, 4.69) is 15.5 Å². The Morgan fingerprint density at radius 1 is 1.45 bits per heavy atom. The molecule has 0 aromatic carbocycles. The summed E-state index contributed by atoms with van der Waals surface area (Å²) in [6, 6.07) is -0.0698. The van der Waals surface area contributed by atoms with Crippen LogP contribution in [0.25, 0.3) is 0 Å². The minimum atomic E-state index is -0.374. The number of carbonyl (C=O) groups excluding carboxylic acids is 1. The molecule has 1 aliphatic rings. The van der Waals surface area contributed by atoms with E-state index in [1.54, 1.807) is 16.3 Å². The van der Waals surface area contributed by atoms with Gasteiger partial charge in [0.2, 0.25) is 11.9 Å². The molecule has 1 aliphatic carbocycles. The van der Waals surface area contributed by atoms with E-state index in [1.165, 1.54) is 19.3 Å². The maximum absolute atomic E-state index is 12.4. The number of thioether (sulfide) groups is 1. The lowest BCUT2D eigenvalue weighted by Gasteiger charge is -2.25. The second-order valence-electron chi connectivity index (χ2n) is 5.16. The first-order valence-electron chi connectivity index (χ1n) is 7.27. The molecule has 7 heteroatoms. The third-order valence-electron chi connectivity index (χ3n) is 3.68. The predicted molar refractivity (Wildman–Crippen MR) is 80.6 cm³/mol. The van der Waals surface area contributed by atoms with Crippen molar-refractivity contribution in [2.24, 2.45) is 0 Å². The van der Waals surface area contributed by atoms with E-state index < -0.39 is 0 Å². The minimum absolute atomic E-state index is 0.00125. The third kappa shape index (κ3) is 3.45. The molecule has 20 heavy (non-hydrogen) atoms. The summed E-state index contributed by atoms with van der Waals surface area (Å²) in [5.41, 5.74) is 5.84. The second-order valence-corrected chi connectivity index (χ2v) is 6.39. The van der Waals surface area contributed by atoms with Crippen LogP contribution >= 0.6 is 11.8 Å². The summed E-state index contributed by atoms with van der Waals surface area (Å²) >= 11 is 1.54. The summed E-state index contributed by atoms with van der Waals surface area (Å²) in [7, 11) is 0. The van der Waals surface area contributed by atoms with Crippen molar-refractivity contribution in [3.05, 3.63) is 0 Å². The van der Waals surface area contributed by atoms with Crippen molar-refractivity contribution < 1.29 is 4.79 Å². The average molecular weight is 297 g/mol. The molecule has 1 saturated carbocycles. The highest BCUT2D eigenvalue weighted by molar-refractivity contribution is 7.99. The number of nitrogens with zero attached hydrogens (tertiary/aromatic N) is 3. The van der Waals surface area contributed by atoms with Crippen molar-refractivity contribution in [3.8, 4) is 0 Å². The van der Waals surface area contributed by atoms with Crippen molar-refractivity contribution in [2.75, 3.05) is 11.5 Å². The van der Waals surface area contributed by atoms with E-state index in [4.69, 9.17) is 5.73 Å². The summed E-state index contributed by atoms with van der Waals surface area (Å²) in [6.45, 7) is 3.88. The standard InChI is InChI=1S/C13H23N5OS/c1-3-20-13-17-16-12(14)18(13)9(2)11(19)15-10-7-5-4-6-8-10/h9-10H,3-8H2,1-2H3,(H2,14,16)(H,15,19). The minimum Gasteiger partial charge on any atom is -0.368 e. The molecule has 1 amide bonds. The third-order valence-corrected chi connectivity index (χ3v) is 4.51. The Bertz CT molecular complexity index is 456. The van der Waals surface area contributed by atoms with E-state index in [0.717, 1.165) is 18.6 Å². The monoisotopic (exact) mass is 297 g/mol. The Morgan fingerprint density at radius 3 is 2.80 bits per heavy atom. The number of nitrogen functional groups attached to an aromatic ring is 1. The molecular formula is C13H23N5OS. The van der Waals surface area contributed by atoms with Crippen molar-refractivity contribution in [1.82, 2.24) is 20.1 Å². The van der Waals surface area contributed by atoms with Crippen LogP contribution in [0.4, 0.5) is 5.95 Å². The number of hydrogen-bond acceptors (Lipinski definition) is 5. The van der Waals surface area contributed by atoms with Gasteiger partial charge in [0, 0.05) is 6.04 Å². The molecule has 0 saturated heterocycles. The fourth-order valence-electron chi connectivity index (χ4n) is 2.57. The van der Waals surface area contributed by atoms with Crippen LogP contribution in [0.2, 0.25) is 0 Å². The molecule has 6 nitrogen and oxygen atoms in total. The van der Waals surface area contributed by atoms with Crippen LogP contribution in [-0.4, -0.2) is 32.5 Å². The summed E-state index contributed by atoms with van der Waals surface area (Å²) in [5.74, 6) is 1.17. The molecule has 2 rings (SSSR count). The highest BCUT2D eigenvalue weighted by atomic mass is 32.2. The number of nitrogens with two attached hydrogens (primary N) is 1. The Morgan fingerprint density at radius 2 is 2.15 bits per heavy atom. The average Bonchev–Trinajstić information content (AvgIpc) is 2.80. The molecule has 0 aliphatic heterocycles.